The molecule has 1 aromatic carbocycles. The Kier molecular flexibility index (Phi) is 3.48. The van der Waals surface area contributed by atoms with Gasteiger partial charge in [0.15, 0.2) is 4.77 Å². The number of aromatic nitrogens is 3. The minimum absolute atomic E-state index is 0.491. The molecule has 3 rings (SSSR count). The molecule has 2 heterocycles. The molecule has 0 N–H and O–H groups in total. The molecule has 1 aromatic heterocycles. The predicted octanol–water partition coefficient (Wildman–Crippen LogP) is 2.75. The Balaban J connectivity index is 1.81. The third kappa shape index (κ3) is 2.48. The lowest BCUT2D eigenvalue weighted by Crippen LogP contribution is -2.26. The number of nitrogens with zero attached hydrogens (tertiary/aromatic N) is 4. The van der Waals surface area contributed by atoms with Gasteiger partial charge in [-0.05, 0) is 30.6 Å². The molecule has 1 atom stereocenters. The van der Waals surface area contributed by atoms with Crippen molar-refractivity contribution < 1.29 is 0 Å². The normalized spacial score (nSPS) is 19.9. The Morgan fingerprint density at radius 2 is 2.11 bits per heavy atom. The second-order valence-electron chi connectivity index (χ2n) is 5.05. The van der Waals surface area contributed by atoms with Crippen LogP contribution < -0.4 is 0 Å². The monoisotopic (exact) mass is 274 g/mol. The first-order chi connectivity index (χ1) is 9.25. The molecule has 1 aliphatic heterocycles. The molecule has 100 valence electrons. The van der Waals surface area contributed by atoms with Crippen molar-refractivity contribution in [2.24, 2.45) is 7.05 Å². The van der Waals surface area contributed by atoms with E-state index < -0.39 is 0 Å². The van der Waals surface area contributed by atoms with E-state index in [1.807, 2.05) is 16.3 Å². The molecule has 0 radical (unpaired) electrons. The van der Waals surface area contributed by atoms with Gasteiger partial charge in [0.2, 0.25) is 0 Å². The Morgan fingerprint density at radius 3 is 2.79 bits per heavy atom. The van der Waals surface area contributed by atoms with Crippen LogP contribution in [0.1, 0.15) is 24.4 Å². The third-order valence-electron chi connectivity index (χ3n) is 3.75. The minimum atomic E-state index is 0.491. The van der Waals surface area contributed by atoms with E-state index in [1.54, 1.807) is 6.33 Å². The number of benzene rings is 1. The van der Waals surface area contributed by atoms with Crippen molar-refractivity contribution in [3.05, 3.63) is 47.0 Å². The quantitative estimate of drug-likeness (QED) is 0.805. The molecule has 1 saturated heterocycles. The van der Waals surface area contributed by atoms with Gasteiger partial charge >= 0.3 is 0 Å². The SMILES string of the molecule is Cn1cnn(CN2CCCC2c2ccccc2)c1=S. The van der Waals surface area contributed by atoms with Gasteiger partial charge in [-0.25, -0.2) is 4.68 Å². The van der Waals surface area contributed by atoms with E-state index in [0.29, 0.717) is 6.04 Å². The van der Waals surface area contributed by atoms with Crippen molar-refractivity contribution in [2.75, 3.05) is 6.54 Å². The van der Waals surface area contributed by atoms with Gasteiger partial charge in [-0.3, -0.25) is 4.90 Å². The van der Waals surface area contributed by atoms with Gasteiger partial charge in [-0.1, -0.05) is 30.3 Å². The van der Waals surface area contributed by atoms with E-state index in [-0.39, 0.29) is 0 Å². The van der Waals surface area contributed by atoms with Gasteiger partial charge in [0.1, 0.15) is 6.33 Å². The maximum absolute atomic E-state index is 5.35. The average Bonchev–Trinajstić information content (AvgIpc) is 3.02. The van der Waals surface area contributed by atoms with Crippen LogP contribution in [0.2, 0.25) is 0 Å². The van der Waals surface area contributed by atoms with E-state index in [0.717, 1.165) is 18.0 Å². The molecule has 4 nitrogen and oxygen atoms in total. The van der Waals surface area contributed by atoms with Crippen LogP contribution in [0, 0.1) is 4.77 Å². The smallest absolute Gasteiger partial charge is 0.198 e. The van der Waals surface area contributed by atoms with Crippen molar-refractivity contribution in [3.63, 3.8) is 0 Å². The first kappa shape index (κ1) is 12.6. The standard InChI is InChI=1S/C14H18N4S/c1-16-10-15-18(14(16)19)11-17-9-5-8-13(17)12-6-3-2-4-7-12/h2-4,6-7,10,13H,5,8-9,11H2,1H3. The van der Waals surface area contributed by atoms with Gasteiger partial charge in [0, 0.05) is 19.6 Å². The van der Waals surface area contributed by atoms with E-state index in [9.17, 15) is 0 Å². The largest absolute Gasteiger partial charge is 0.310 e. The van der Waals surface area contributed by atoms with Crippen LogP contribution in [0.15, 0.2) is 36.7 Å². The van der Waals surface area contributed by atoms with Gasteiger partial charge in [0.25, 0.3) is 0 Å². The van der Waals surface area contributed by atoms with Crippen LogP contribution in [-0.4, -0.2) is 25.8 Å². The summed E-state index contributed by atoms with van der Waals surface area (Å²) in [6.07, 6.45) is 4.22. The second kappa shape index (κ2) is 5.27. The molecule has 0 spiro atoms. The molecule has 0 aliphatic carbocycles. The zero-order valence-corrected chi connectivity index (χ0v) is 11.9. The Hall–Kier alpha value is -1.46. The van der Waals surface area contributed by atoms with Gasteiger partial charge in [0.05, 0.1) is 6.67 Å². The molecule has 1 unspecified atom stereocenters. The van der Waals surface area contributed by atoms with E-state index in [2.05, 4.69) is 40.3 Å². The number of rotatable bonds is 3. The second-order valence-corrected chi connectivity index (χ2v) is 5.41. The summed E-state index contributed by atoms with van der Waals surface area (Å²) in [7, 11) is 1.94. The molecule has 2 aromatic rings. The highest BCUT2D eigenvalue weighted by Crippen LogP contribution is 2.31. The highest BCUT2D eigenvalue weighted by molar-refractivity contribution is 7.71. The Labute approximate surface area is 118 Å². The lowest BCUT2D eigenvalue weighted by atomic mass is 10.1. The summed E-state index contributed by atoms with van der Waals surface area (Å²) in [5, 5.41) is 4.34. The molecule has 5 heteroatoms. The first-order valence-corrected chi connectivity index (χ1v) is 7.04. The van der Waals surface area contributed by atoms with Crippen molar-refractivity contribution in [1.29, 1.82) is 0 Å². The Morgan fingerprint density at radius 1 is 1.32 bits per heavy atom. The van der Waals surface area contributed by atoms with E-state index in [1.165, 1.54) is 18.4 Å². The highest BCUT2D eigenvalue weighted by atomic mass is 32.1. The summed E-state index contributed by atoms with van der Waals surface area (Å²) >= 11 is 5.35. The zero-order valence-electron chi connectivity index (χ0n) is 11.1. The summed E-state index contributed by atoms with van der Waals surface area (Å²) in [4.78, 5) is 2.46. The number of aryl methyl sites for hydroxylation is 1. The number of hydrogen-bond donors (Lipinski definition) is 0. The van der Waals surface area contributed by atoms with Crippen LogP contribution in [0.4, 0.5) is 0 Å². The summed E-state index contributed by atoms with van der Waals surface area (Å²) in [5.41, 5.74) is 1.39. The average molecular weight is 274 g/mol. The maximum Gasteiger partial charge on any atom is 0.198 e. The minimum Gasteiger partial charge on any atom is -0.310 e. The summed E-state index contributed by atoms with van der Waals surface area (Å²) in [5.74, 6) is 0. The fraction of sp³-hybridized carbons (Fsp3) is 0.429. The topological polar surface area (TPSA) is 26.0 Å². The van der Waals surface area contributed by atoms with Crippen molar-refractivity contribution >= 4 is 12.2 Å². The van der Waals surface area contributed by atoms with E-state index >= 15 is 0 Å². The van der Waals surface area contributed by atoms with Crippen molar-refractivity contribution in [1.82, 2.24) is 19.2 Å². The number of likely N-dealkylation sites (tertiary alicyclic amines) is 1. The van der Waals surface area contributed by atoms with Crippen LogP contribution in [0.25, 0.3) is 0 Å². The third-order valence-corrected chi connectivity index (χ3v) is 4.25. The van der Waals surface area contributed by atoms with Crippen molar-refractivity contribution in [3.8, 4) is 0 Å². The first-order valence-electron chi connectivity index (χ1n) is 6.63. The fourth-order valence-corrected chi connectivity index (χ4v) is 2.89. The molecule has 0 amide bonds. The number of hydrogen-bond acceptors (Lipinski definition) is 3. The van der Waals surface area contributed by atoms with Crippen LogP contribution in [0.3, 0.4) is 0 Å². The van der Waals surface area contributed by atoms with E-state index in [4.69, 9.17) is 12.2 Å². The molecule has 19 heavy (non-hydrogen) atoms. The molecular weight excluding hydrogens is 256 g/mol. The molecular formula is C14H18N4S. The highest BCUT2D eigenvalue weighted by Gasteiger charge is 2.26. The van der Waals surface area contributed by atoms with Crippen LogP contribution >= 0.6 is 12.2 Å². The predicted molar refractivity (Wildman–Crippen MR) is 77.2 cm³/mol. The molecule has 0 bridgehead atoms. The summed E-state index contributed by atoms with van der Waals surface area (Å²) in [6, 6.07) is 11.2. The zero-order chi connectivity index (χ0) is 13.2. The lowest BCUT2D eigenvalue weighted by molar-refractivity contribution is 0.190. The van der Waals surface area contributed by atoms with Crippen LogP contribution in [0.5, 0.6) is 0 Å². The van der Waals surface area contributed by atoms with Gasteiger partial charge < -0.3 is 4.57 Å². The van der Waals surface area contributed by atoms with Crippen LogP contribution in [-0.2, 0) is 13.7 Å². The maximum atomic E-state index is 5.35. The molecule has 1 fully saturated rings. The molecule has 1 aliphatic rings. The van der Waals surface area contributed by atoms with Gasteiger partial charge in [-0.2, -0.15) is 5.10 Å². The Bertz CT molecular complexity index is 601. The van der Waals surface area contributed by atoms with Crippen molar-refractivity contribution in [2.45, 2.75) is 25.6 Å². The van der Waals surface area contributed by atoms with Gasteiger partial charge in [-0.15, -0.1) is 0 Å². The fourth-order valence-electron chi connectivity index (χ4n) is 2.74. The summed E-state index contributed by atoms with van der Waals surface area (Å²) in [6.45, 7) is 1.89. The molecule has 0 saturated carbocycles. The summed E-state index contributed by atoms with van der Waals surface area (Å²) < 4.78 is 4.55. The lowest BCUT2D eigenvalue weighted by Gasteiger charge is -2.24.